The van der Waals surface area contributed by atoms with Crippen LogP contribution in [0.1, 0.15) is 58.5 Å². The molecule has 0 saturated heterocycles. The van der Waals surface area contributed by atoms with Crippen LogP contribution in [-0.4, -0.2) is 72.0 Å². The van der Waals surface area contributed by atoms with Gasteiger partial charge in [0.2, 0.25) is 5.76 Å². The third kappa shape index (κ3) is 7.65. The second-order valence-electron chi connectivity index (χ2n) is 13.2. The highest BCUT2D eigenvalue weighted by Gasteiger charge is 2.45. The molecule has 0 aliphatic carbocycles. The third-order valence-corrected chi connectivity index (χ3v) is 10.7. The van der Waals surface area contributed by atoms with Crippen molar-refractivity contribution in [1.29, 1.82) is 0 Å². The van der Waals surface area contributed by atoms with Gasteiger partial charge in [-0.25, -0.2) is 13.2 Å². The van der Waals surface area contributed by atoms with Crippen LogP contribution in [0.3, 0.4) is 0 Å². The molecule has 1 N–H and O–H groups in total. The van der Waals surface area contributed by atoms with Crippen LogP contribution in [0.5, 0.6) is 0 Å². The van der Waals surface area contributed by atoms with Gasteiger partial charge in [0.1, 0.15) is 0 Å². The lowest BCUT2D eigenvalue weighted by atomic mass is 9.95. The van der Waals surface area contributed by atoms with E-state index in [9.17, 15) is 37.5 Å². The van der Waals surface area contributed by atoms with E-state index in [1.807, 2.05) is 60.7 Å². The molecule has 12 heteroatoms. The number of carbonyl (C=O) groups is 5. The standard InChI is InChI=1S/C42H38N2O9S/c1-26(45)34-36(43(40(48)38(34)47)24-22-28-10-6-4-7-11-28)30-14-16-32(17-15-30)42(50)53-39-35(27(2)46)37(31-18-20-33(21-19-31)54(3,51)52)44(41(39)49)25-23-29-12-8-5-9-13-29/h4-21,36-37,47H,22-25H2,1-3H3. The summed E-state index contributed by atoms with van der Waals surface area (Å²) in [4.78, 5) is 69.7. The van der Waals surface area contributed by atoms with Gasteiger partial charge in [0.25, 0.3) is 11.8 Å². The molecule has 6 rings (SSSR count). The number of aliphatic hydroxyl groups is 1. The third-order valence-electron chi connectivity index (χ3n) is 9.60. The number of sulfone groups is 1. The van der Waals surface area contributed by atoms with Gasteiger partial charge < -0.3 is 19.6 Å². The van der Waals surface area contributed by atoms with E-state index in [-0.39, 0.29) is 34.7 Å². The topological polar surface area (TPSA) is 155 Å². The van der Waals surface area contributed by atoms with E-state index in [1.165, 1.54) is 60.0 Å². The molecule has 4 aromatic rings. The first-order valence-corrected chi connectivity index (χ1v) is 19.2. The molecule has 2 aliphatic heterocycles. The molecule has 2 amide bonds. The van der Waals surface area contributed by atoms with Crippen LogP contribution >= 0.6 is 0 Å². The number of nitrogens with zero attached hydrogens (tertiary/aromatic N) is 2. The number of hydrogen-bond donors (Lipinski definition) is 1. The molecule has 2 unspecified atom stereocenters. The van der Waals surface area contributed by atoms with Crippen molar-refractivity contribution in [3.63, 3.8) is 0 Å². The summed E-state index contributed by atoms with van der Waals surface area (Å²) in [6.45, 7) is 2.91. The summed E-state index contributed by atoms with van der Waals surface area (Å²) >= 11 is 0. The number of ketones is 2. The van der Waals surface area contributed by atoms with Crippen molar-refractivity contribution in [2.45, 2.75) is 43.7 Å². The summed E-state index contributed by atoms with van der Waals surface area (Å²) in [6.07, 6.45) is 1.98. The number of rotatable bonds is 13. The number of ether oxygens (including phenoxy) is 1. The average Bonchev–Trinajstić information content (AvgIpc) is 3.58. The lowest BCUT2D eigenvalue weighted by molar-refractivity contribution is -0.130. The lowest BCUT2D eigenvalue weighted by Gasteiger charge is -2.27. The van der Waals surface area contributed by atoms with Crippen LogP contribution in [-0.2, 0) is 46.6 Å². The Bertz CT molecular complexity index is 2300. The number of carbonyl (C=O) groups excluding carboxylic acids is 5. The average molecular weight is 747 g/mol. The Hall–Kier alpha value is -6.14. The van der Waals surface area contributed by atoms with Crippen molar-refractivity contribution in [3.8, 4) is 0 Å². The minimum atomic E-state index is -3.52. The molecule has 276 valence electrons. The van der Waals surface area contributed by atoms with E-state index >= 15 is 0 Å². The highest BCUT2D eigenvalue weighted by atomic mass is 32.2. The van der Waals surface area contributed by atoms with E-state index in [4.69, 9.17) is 4.74 Å². The summed E-state index contributed by atoms with van der Waals surface area (Å²) in [5.74, 6) is -4.31. The van der Waals surface area contributed by atoms with Crippen LogP contribution in [0.2, 0.25) is 0 Å². The molecule has 4 aromatic carbocycles. The molecule has 0 saturated carbocycles. The first kappa shape index (κ1) is 37.6. The van der Waals surface area contributed by atoms with E-state index in [1.54, 1.807) is 12.1 Å². The number of benzene rings is 4. The van der Waals surface area contributed by atoms with Gasteiger partial charge in [-0.2, -0.15) is 0 Å². The second-order valence-corrected chi connectivity index (χ2v) is 15.3. The largest absolute Gasteiger partial charge is 0.503 e. The van der Waals surface area contributed by atoms with E-state index in [0.29, 0.717) is 24.0 Å². The van der Waals surface area contributed by atoms with Crippen molar-refractivity contribution in [3.05, 3.63) is 160 Å². The summed E-state index contributed by atoms with van der Waals surface area (Å²) in [6, 6.07) is 28.8. The quantitative estimate of drug-likeness (QED) is 0.176. The Kier molecular flexibility index (Phi) is 10.8. The van der Waals surface area contributed by atoms with Gasteiger partial charge in [0, 0.05) is 19.3 Å². The van der Waals surface area contributed by atoms with Gasteiger partial charge in [-0.15, -0.1) is 0 Å². The minimum absolute atomic E-state index is 0.0245. The Labute approximate surface area is 313 Å². The SMILES string of the molecule is CC(=O)C1=C(O)C(=O)N(CCc2ccccc2)C1c1ccc(C(=O)OC2=C(C(C)=O)C(c3ccc(S(C)(=O)=O)cc3)N(CCc3ccccc3)C2=O)cc1. The normalized spacial score (nSPS) is 17.4. The number of Topliss-reactive ketones (excluding diaryl/α,β-unsaturated/α-hetero) is 2. The Morgan fingerprint density at radius 3 is 1.56 bits per heavy atom. The van der Waals surface area contributed by atoms with Crippen LogP contribution in [0.25, 0.3) is 0 Å². The van der Waals surface area contributed by atoms with E-state index < -0.39 is 62.8 Å². The summed E-state index contributed by atoms with van der Waals surface area (Å²) in [5.41, 5.74) is 2.75. The first-order valence-electron chi connectivity index (χ1n) is 17.3. The van der Waals surface area contributed by atoms with Gasteiger partial charge in [-0.05, 0) is 73.2 Å². The fraction of sp³-hybridized carbons (Fsp3) is 0.214. The summed E-state index contributed by atoms with van der Waals surface area (Å²) in [5, 5.41) is 10.7. The molecule has 0 fully saturated rings. The molecule has 0 radical (unpaired) electrons. The van der Waals surface area contributed by atoms with Crippen LogP contribution in [0, 0.1) is 0 Å². The van der Waals surface area contributed by atoms with E-state index in [2.05, 4.69) is 0 Å². The Balaban J connectivity index is 1.29. The van der Waals surface area contributed by atoms with Gasteiger partial charge in [0.05, 0.1) is 33.7 Å². The van der Waals surface area contributed by atoms with Crippen LogP contribution in [0.15, 0.2) is 137 Å². The Morgan fingerprint density at radius 1 is 0.648 bits per heavy atom. The first-order chi connectivity index (χ1) is 25.8. The fourth-order valence-corrected chi connectivity index (χ4v) is 7.53. The number of hydrogen-bond acceptors (Lipinski definition) is 9. The highest BCUT2D eigenvalue weighted by Crippen LogP contribution is 2.41. The van der Waals surface area contributed by atoms with Gasteiger partial charge in [-0.3, -0.25) is 19.2 Å². The number of esters is 1. The monoisotopic (exact) mass is 746 g/mol. The maximum Gasteiger partial charge on any atom is 0.343 e. The zero-order chi connectivity index (χ0) is 38.7. The van der Waals surface area contributed by atoms with Gasteiger partial charge in [0.15, 0.2) is 27.2 Å². The molecule has 2 atom stereocenters. The van der Waals surface area contributed by atoms with Gasteiger partial charge in [-0.1, -0.05) is 84.9 Å². The van der Waals surface area contributed by atoms with Gasteiger partial charge >= 0.3 is 5.97 Å². The van der Waals surface area contributed by atoms with Crippen molar-refractivity contribution in [2.24, 2.45) is 0 Å². The predicted octanol–water partition coefficient (Wildman–Crippen LogP) is 5.44. The van der Waals surface area contributed by atoms with Crippen molar-refractivity contribution in [2.75, 3.05) is 19.3 Å². The fourth-order valence-electron chi connectivity index (χ4n) is 6.90. The zero-order valence-electron chi connectivity index (χ0n) is 29.9. The molecule has 0 aromatic heterocycles. The zero-order valence-corrected chi connectivity index (χ0v) is 30.7. The molecule has 0 bridgehead atoms. The van der Waals surface area contributed by atoms with Crippen molar-refractivity contribution >= 4 is 39.2 Å². The molecule has 0 spiro atoms. The highest BCUT2D eigenvalue weighted by molar-refractivity contribution is 7.90. The molecular weight excluding hydrogens is 709 g/mol. The molecule has 11 nitrogen and oxygen atoms in total. The minimum Gasteiger partial charge on any atom is -0.503 e. The van der Waals surface area contributed by atoms with Crippen LogP contribution in [0.4, 0.5) is 0 Å². The predicted molar refractivity (Wildman–Crippen MR) is 199 cm³/mol. The molecular formula is C42H38N2O9S. The maximum absolute atomic E-state index is 14.1. The summed E-state index contributed by atoms with van der Waals surface area (Å²) in [7, 11) is -3.52. The van der Waals surface area contributed by atoms with E-state index in [0.717, 1.165) is 17.4 Å². The smallest absolute Gasteiger partial charge is 0.343 e. The number of aliphatic hydroxyl groups excluding tert-OH is 1. The number of amides is 2. The lowest BCUT2D eigenvalue weighted by Crippen LogP contribution is -2.33. The van der Waals surface area contributed by atoms with Crippen molar-refractivity contribution in [1.82, 2.24) is 9.80 Å². The summed E-state index contributed by atoms with van der Waals surface area (Å²) < 4.78 is 30.0. The Morgan fingerprint density at radius 2 is 1.09 bits per heavy atom. The maximum atomic E-state index is 14.1. The van der Waals surface area contributed by atoms with Crippen LogP contribution < -0.4 is 0 Å². The molecule has 2 heterocycles. The molecule has 2 aliphatic rings. The second kappa shape index (κ2) is 15.5. The van der Waals surface area contributed by atoms with Crippen molar-refractivity contribution < 1.29 is 42.2 Å². The molecule has 54 heavy (non-hydrogen) atoms.